The van der Waals surface area contributed by atoms with Crippen molar-refractivity contribution in [2.24, 2.45) is 0 Å². The van der Waals surface area contributed by atoms with Crippen molar-refractivity contribution in [3.05, 3.63) is 64.2 Å². The van der Waals surface area contributed by atoms with Crippen molar-refractivity contribution >= 4 is 10.9 Å². The minimum atomic E-state index is -0.0287. The van der Waals surface area contributed by atoms with Gasteiger partial charge in [0.2, 0.25) is 0 Å². The van der Waals surface area contributed by atoms with Gasteiger partial charge < -0.3 is 9.64 Å². The Morgan fingerprint density at radius 2 is 1.93 bits per heavy atom. The molecule has 0 saturated carbocycles. The van der Waals surface area contributed by atoms with Gasteiger partial charge in [-0.3, -0.25) is 9.36 Å². The van der Waals surface area contributed by atoms with Gasteiger partial charge in [-0.2, -0.15) is 0 Å². The molecule has 0 amide bonds. The minimum absolute atomic E-state index is 0.0287. The maximum absolute atomic E-state index is 13.1. The van der Waals surface area contributed by atoms with E-state index in [4.69, 9.17) is 4.74 Å². The van der Waals surface area contributed by atoms with Crippen LogP contribution < -0.4 is 10.3 Å². The van der Waals surface area contributed by atoms with Crippen molar-refractivity contribution in [3.63, 3.8) is 0 Å². The van der Waals surface area contributed by atoms with Crippen molar-refractivity contribution < 1.29 is 4.74 Å². The van der Waals surface area contributed by atoms with E-state index in [0.29, 0.717) is 23.9 Å². The standard InChI is InChI=1S/C24H29N3O2/c1-17-7-4-9-22-23(17)24(28)27(19(3)25-22)20-10-12-21(13-11-20)29-16-6-15-26-14-5-8-18(26)2/h4,7,9-13,18H,5-6,8,14-16H2,1-3H3/t18-/m1/s1. The van der Waals surface area contributed by atoms with Crippen LogP contribution in [0, 0.1) is 13.8 Å². The second-order valence-corrected chi connectivity index (χ2v) is 7.99. The van der Waals surface area contributed by atoms with Gasteiger partial charge in [0.1, 0.15) is 11.6 Å². The first-order chi connectivity index (χ1) is 14.0. The molecule has 0 N–H and O–H groups in total. The lowest BCUT2D eigenvalue weighted by molar-refractivity contribution is 0.230. The van der Waals surface area contributed by atoms with Gasteiger partial charge in [0, 0.05) is 12.6 Å². The first kappa shape index (κ1) is 19.6. The largest absolute Gasteiger partial charge is 0.494 e. The van der Waals surface area contributed by atoms with Gasteiger partial charge in [-0.05, 0) is 82.5 Å². The normalized spacial score (nSPS) is 17.1. The third kappa shape index (κ3) is 4.06. The predicted molar refractivity (Wildman–Crippen MR) is 117 cm³/mol. The van der Waals surface area contributed by atoms with E-state index < -0.39 is 0 Å². The Bertz CT molecular complexity index is 1060. The van der Waals surface area contributed by atoms with Crippen molar-refractivity contribution in [3.8, 4) is 11.4 Å². The van der Waals surface area contributed by atoms with Crippen molar-refractivity contribution in [1.29, 1.82) is 0 Å². The van der Waals surface area contributed by atoms with E-state index in [1.807, 2.05) is 56.3 Å². The molecule has 1 aliphatic rings. The van der Waals surface area contributed by atoms with E-state index in [1.54, 1.807) is 4.57 Å². The summed E-state index contributed by atoms with van der Waals surface area (Å²) < 4.78 is 7.59. The Labute approximate surface area is 171 Å². The van der Waals surface area contributed by atoms with E-state index >= 15 is 0 Å². The summed E-state index contributed by atoms with van der Waals surface area (Å²) >= 11 is 0. The number of likely N-dealkylation sites (tertiary alicyclic amines) is 1. The Morgan fingerprint density at radius 1 is 1.14 bits per heavy atom. The number of hydrogen-bond donors (Lipinski definition) is 0. The summed E-state index contributed by atoms with van der Waals surface area (Å²) in [5.74, 6) is 1.51. The highest BCUT2D eigenvalue weighted by atomic mass is 16.5. The third-order valence-electron chi connectivity index (χ3n) is 5.92. The number of rotatable bonds is 6. The summed E-state index contributed by atoms with van der Waals surface area (Å²) in [6, 6.07) is 14.2. The lowest BCUT2D eigenvalue weighted by Gasteiger charge is -2.20. The molecule has 0 unspecified atom stereocenters. The van der Waals surface area contributed by atoms with Gasteiger partial charge in [-0.1, -0.05) is 12.1 Å². The molecule has 0 spiro atoms. The van der Waals surface area contributed by atoms with E-state index in [2.05, 4.69) is 16.8 Å². The highest BCUT2D eigenvalue weighted by Crippen LogP contribution is 2.19. The van der Waals surface area contributed by atoms with E-state index in [9.17, 15) is 4.79 Å². The van der Waals surface area contributed by atoms with Gasteiger partial charge in [0.05, 0.1) is 23.2 Å². The Balaban J connectivity index is 1.47. The fourth-order valence-electron chi connectivity index (χ4n) is 4.28. The fraction of sp³-hybridized carbons (Fsp3) is 0.417. The Hall–Kier alpha value is -2.66. The zero-order valence-electron chi connectivity index (χ0n) is 17.5. The molecular formula is C24H29N3O2. The van der Waals surface area contributed by atoms with Crippen LogP contribution >= 0.6 is 0 Å². The lowest BCUT2D eigenvalue weighted by atomic mass is 10.1. The molecule has 3 aromatic rings. The molecule has 1 atom stereocenters. The maximum atomic E-state index is 13.1. The first-order valence-corrected chi connectivity index (χ1v) is 10.5. The molecule has 2 aromatic carbocycles. The van der Waals surface area contributed by atoms with Crippen molar-refractivity contribution in [2.75, 3.05) is 19.7 Å². The van der Waals surface area contributed by atoms with Crippen LogP contribution in [0.2, 0.25) is 0 Å². The fourth-order valence-corrected chi connectivity index (χ4v) is 4.28. The second kappa shape index (κ2) is 8.37. The van der Waals surface area contributed by atoms with Gasteiger partial charge in [-0.25, -0.2) is 4.98 Å². The van der Waals surface area contributed by atoms with Crippen LogP contribution in [-0.4, -0.2) is 40.2 Å². The molecule has 1 saturated heterocycles. The second-order valence-electron chi connectivity index (χ2n) is 7.99. The molecule has 5 heteroatoms. The molecule has 5 nitrogen and oxygen atoms in total. The number of benzene rings is 2. The van der Waals surface area contributed by atoms with E-state index in [0.717, 1.165) is 35.5 Å². The topological polar surface area (TPSA) is 47.4 Å². The van der Waals surface area contributed by atoms with Crippen LogP contribution in [0.5, 0.6) is 5.75 Å². The molecule has 0 radical (unpaired) electrons. The van der Waals surface area contributed by atoms with Gasteiger partial charge in [0.25, 0.3) is 5.56 Å². The average Bonchev–Trinajstić information content (AvgIpc) is 3.11. The molecular weight excluding hydrogens is 362 g/mol. The molecule has 0 bridgehead atoms. The zero-order valence-corrected chi connectivity index (χ0v) is 17.5. The van der Waals surface area contributed by atoms with Crippen LogP contribution in [0.4, 0.5) is 0 Å². The molecule has 4 rings (SSSR count). The molecule has 1 aliphatic heterocycles. The maximum Gasteiger partial charge on any atom is 0.266 e. The molecule has 0 aliphatic carbocycles. The lowest BCUT2D eigenvalue weighted by Crippen LogP contribution is -2.28. The van der Waals surface area contributed by atoms with Gasteiger partial charge in [0.15, 0.2) is 0 Å². The summed E-state index contributed by atoms with van der Waals surface area (Å²) in [5, 5.41) is 0.676. The first-order valence-electron chi connectivity index (χ1n) is 10.5. The highest BCUT2D eigenvalue weighted by Gasteiger charge is 2.19. The van der Waals surface area contributed by atoms with Crippen LogP contribution in [0.15, 0.2) is 47.3 Å². The predicted octanol–water partition coefficient (Wildman–Crippen LogP) is 4.26. The summed E-state index contributed by atoms with van der Waals surface area (Å²) in [6.07, 6.45) is 3.65. The SMILES string of the molecule is Cc1cccc2nc(C)n(-c3ccc(OCCCN4CCC[C@H]4C)cc3)c(=O)c12. The minimum Gasteiger partial charge on any atom is -0.494 e. The summed E-state index contributed by atoms with van der Waals surface area (Å²) in [5.41, 5.74) is 2.47. The summed E-state index contributed by atoms with van der Waals surface area (Å²) in [6.45, 7) is 9.13. The molecule has 2 heterocycles. The molecule has 1 fully saturated rings. The van der Waals surface area contributed by atoms with Crippen molar-refractivity contribution in [1.82, 2.24) is 14.5 Å². The zero-order chi connectivity index (χ0) is 20.4. The van der Waals surface area contributed by atoms with E-state index in [-0.39, 0.29) is 5.56 Å². The summed E-state index contributed by atoms with van der Waals surface area (Å²) in [7, 11) is 0. The number of aryl methyl sites for hydroxylation is 2. The number of hydrogen-bond acceptors (Lipinski definition) is 4. The number of aromatic nitrogens is 2. The van der Waals surface area contributed by atoms with Crippen LogP contribution in [0.1, 0.15) is 37.6 Å². The van der Waals surface area contributed by atoms with E-state index in [1.165, 1.54) is 19.4 Å². The van der Waals surface area contributed by atoms with Crippen LogP contribution in [0.25, 0.3) is 16.6 Å². The van der Waals surface area contributed by atoms with Gasteiger partial charge in [-0.15, -0.1) is 0 Å². The number of ether oxygens (including phenoxy) is 1. The molecule has 1 aromatic heterocycles. The van der Waals surface area contributed by atoms with Crippen molar-refractivity contribution in [2.45, 2.75) is 46.1 Å². The van der Waals surface area contributed by atoms with Crippen LogP contribution in [0.3, 0.4) is 0 Å². The molecule has 29 heavy (non-hydrogen) atoms. The number of nitrogens with zero attached hydrogens (tertiary/aromatic N) is 3. The summed E-state index contributed by atoms with van der Waals surface area (Å²) in [4.78, 5) is 20.3. The van der Waals surface area contributed by atoms with Gasteiger partial charge >= 0.3 is 0 Å². The average molecular weight is 392 g/mol. The Kier molecular flexibility index (Phi) is 5.67. The quantitative estimate of drug-likeness (QED) is 0.589. The monoisotopic (exact) mass is 391 g/mol. The van der Waals surface area contributed by atoms with Crippen LogP contribution in [-0.2, 0) is 0 Å². The number of fused-ring (bicyclic) bond motifs is 1. The third-order valence-corrected chi connectivity index (χ3v) is 5.92. The molecule has 152 valence electrons. The smallest absolute Gasteiger partial charge is 0.266 e. The highest BCUT2D eigenvalue weighted by molar-refractivity contribution is 5.81. The Morgan fingerprint density at radius 3 is 2.66 bits per heavy atom.